The van der Waals surface area contributed by atoms with Gasteiger partial charge in [-0.2, -0.15) is 0 Å². The average molecular weight is 298 g/mol. The highest BCUT2D eigenvalue weighted by Gasteiger charge is 2.22. The predicted octanol–water partition coefficient (Wildman–Crippen LogP) is 3.25. The molecule has 1 heterocycles. The largest absolute Gasteiger partial charge is 0.486 e. The third-order valence-corrected chi connectivity index (χ3v) is 3.46. The maximum absolute atomic E-state index is 12.4. The number of hydrogen-bond donors (Lipinski definition) is 0. The Morgan fingerprint density at radius 3 is 2.68 bits per heavy atom. The van der Waals surface area contributed by atoms with Crippen molar-refractivity contribution in [1.82, 2.24) is 0 Å². The average Bonchev–Trinajstić information content (AvgIpc) is 2.55. The van der Waals surface area contributed by atoms with Gasteiger partial charge in [-0.1, -0.05) is 36.4 Å². The first-order valence-electron chi connectivity index (χ1n) is 7.37. The topological polar surface area (TPSA) is 44.8 Å². The zero-order chi connectivity index (χ0) is 15.4. The van der Waals surface area contributed by atoms with Gasteiger partial charge < -0.3 is 14.2 Å². The van der Waals surface area contributed by atoms with Crippen molar-refractivity contribution >= 4 is 5.97 Å². The maximum Gasteiger partial charge on any atom is 0.342 e. The minimum Gasteiger partial charge on any atom is -0.486 e. The number of esters is 1. The van der Waals surface area contributed by atoms with E-state index in [9.17, 15) is 4.79 Å². The monoisotopic (exact) mass is 298 g/mol. The number of hydrogen-bond acceptors (Lipinski definition) is 4. The third kappa shape index (κ3) is 3.22. The Labute approximate surface area is 129 Å². The van der Waals surface area contributed by atoms with Crippen LogP contribution in [-0.2, 0) is 11.2 Å². The van der Waals surface area contributed by atoms with Gasteiger partial charge >= 0.3 is 5.97 Å². The molecule has 4 nitrogen and oxygen atoms in total. The Kier molecular flexibility index (Phi) is 4.28. The van der Waals surface area contributed by atoms with Crippen LogP contribution in [-0.4, -0.2) is 25.3 Å². The SMILES string of the molecule is CC(Cc1ccccc1)OC(=O)c1cccc2c1OCCO2. The van der Waals surface area contributed by atoms with Crippen LogP contribution in [0.15, 0.2) is 48.5 Å². The van der Waals surface area contributed by atoms with Crippen molar-refractivity contribution in [2.75, 3.05) is 13.2 Å². The van der Waals surface area contributed by atoms with Crippen LogP contribution in [0, 0.1) is 0 Å². The summed E-state index contributed by atoms with van der Waals surface area (Å²) in [6, 6.07) is 15.2. The molecule has 1 aliphatic heterocycles. The summed E-state index contributed by atoms with van der Waals surface area (Å²) in [5, 5.41) is 0. The summed E-state index contributed by atoms with van der Waals surface area (Å²) in [5.74, 6) is 0.688. The van der Waals surface area contributed by atoms with Crippen molar-refractivity contribution in [2.45, 2.75) is 19.4 Å². The lowest BCUT2D eigenvalue weighted by molar-refractivity contribution is 0.0334. The molecule has 0 radical (unpaired) electrons. The summed E-state index contributed by atoms with van der Waals surface area (Å²) in [6.45, 7) is 2.82. The lowest BCUT2D eigenvalue weighted by Crippen LogP contribution is -2.21. The normalized spacial score (nSPS) is 14.2. The Bertz CT molecular complexity index is 651. The highest BCUT2D eigenvalue weighted by Crippen LogP contribution is 2.34. The van der Waals surface area contributed by atoms with Crippen molar-refractivity contribution in [3.05, 3.63) is 59.7 Å². The number of carbonyl (C=O) groups is 1. The highest BCUT2D eigenvalue weighted by molar-refractivity contribution is 5.93. The number of benzene rings is 2. The van der Waals surface area contributed by atoms with Crippen LogP contribution in [0.1, 0.15) is 22.8 Å². The Balaban J connectivity index is 1.69. The lowest BCUT2D eigenvalue weighted by atomic mass is 10.1. The molecular weight excluding hydrogens is 280 g/mol. The van der Waals surface area contributed by atoms with Gasteiger partial charge in [-0.3, -0.25) is 0 Å². The van der Waals surface area contributed by atoms with Crippen LogP contribution in [0.4, 0.5) is 0 Å². The maximum atomic E-state index is 12.4. The fourth-order valence-corrected chi connectivity index (χ4v) is 2.47. The molecule has 0 saturated heterocycles. The molecule has 1 aliphatic rings. The highest BCUT2D eigenvalue weighted by atomic mass is 16.6. The van der Waals surface area contributed by atoms with Gasteiger partial charge in [0.2, 0.25) is 0 Å². The summed E-state index contributed by atoms with van der Waals surface area (Å²) >= 11 is 0. The molecule has 0 aromatic heterocycles. The molecule has 0 amide bonds. The Morgan fingerprint density at radius 2 is 1.86 bits per heavy atom. The molecule has 0 aliphatic carbocycles. The summed E-state index contributed by atoms with van der Waals surface area (Å²) in [4.78, 5) is 12.4. The molecule has 1 unspecified atom stereocenters. The van der Waals surface area contributed by atoms with Crippen molar-refractivity contribution in [3.63, 3.8) is 0 Å². The Morgan fingerprint density at radius 1 is 1.09 bits per heavy atom. The fourth-order valence-electron chi connectivity index (χ4n) is 2.47. The van der Waals surface area contributed by atoms with Gasteiger partial charge in [0.1, 0.15) is 24.9 Å². The summed E-state index contributed by atoms with van der Waals surface area (Å²) < 4.78 is 16.6. The van der Waals surface area contributed by atoms with Crippen molar-refractivity contribution in [3.8, 4) is 11.5 Å². The van der Waals surface area contributed by atoms with Crippen molar-refractivity contribution in [1.29, 1.82) is 0 Å². The van der Waals surface area contributed by atoms with Crippen molar-refractivity contribution < 1.29 is 19.0 Å². The molecule has 3 rings (SSSR count). The number of para-hydroxylation sites is 1. The van der Waals surface area contributed by atoms with Crippen LogP contribution in [0.5, 0.6) is 11.5 Å². The molecule has 2 aromatic carbocycles. The van der Waals surface area contributed by atoms with Gasteiger partial charge in [0, 0.05) is 6.42 Å². The summed E-state index contributed by atoms with van der Waals surface area (Å²) in [5.41, 5.74) is 1.55. The molecule has 0 fully saturated rings. The van der Waals surface area contributed by atoms with Gasteiger partial charge in [-0.05, 0) is 24.6 Å². The van der Waals surface area contributed by atoms with Crippen molar-refractivity contribution in [2.24, 2.45) is 0 Å². The minimum atomic E-state index is -0.384. The van der Waals surface area contributed by atoms with Gasteiger partial charge in [0.15, 0.2) is 11.5 Å². The van der Waals surface area contributed by atoms with Crippen LogP contribution in [0.2, 0.25) is 0 Å². The number of ether oxygens (including phenoxy) is 3. The molecule has 0 bridgehead atoms. The number of carbonyl (C=O) groups excluding carboxylic acids is 1. The van der Waals surface area contributed by atoms with Crippen LogP contribution in [0.25, 0.3) is 0 Å². The fraction of sp³-hybridized carbons (Fsp3) is 0.278. The van der Waals surface area contributed by atoms with Crippen LogP contribution >= 0.6 is 0 Å². The third-order valence-electron chi connectivity index (χ3n) is 3.46. The first kappa shape index (κ1) is 14.4. The zero-order valence-corrected chi connectivity index (χ0v) is 12.5. The standard InChI is InChI=1S/C18H18O4/c1-13(12-14-6-3-2-4-7-14)22-18(19)15-8-5-9-16-17(15)21-11-10-20-16/h2-9,13H,10-12H2,1H3. The van der Waals surface area contributed by atoms with Gasteiger partial charge in [-0.15, -0.1) is 0 Å². The number of rotatable bonds is 4. The molecule has 22 heavy (non-hydrogen) atoms. The molecule has 4 heteroatoms. The second-order valence-corrected chi connectivity index (χ2v) is 5.24. The number of fused-ring (bicyclic) bond motifs is 1. The van der Waals surface area contributed by atoms with E-state index in [4.69, 9.17) is 14.2 Å². The zero-order valence-electron chi connectivity index (χ0n) is 12.5. The molecule has 2 aromatic rings. The first-order chi connectivity index (χ1) is 10.7. The smallest absolute Gasteiger partial charge is 0.342 e. The van der Waals surface area contributed by atoms with Gasteiger partial charge in [0.25, 0.3) is 0 Å². The van der Waals surface area contributed by atoms with E-state index in [1.54, 1.807) is 18.2 Å². The van der Waals surface area contributed by atoms with E-state index in [-0.39, 0.29) is 12.1 Å². The molecular formula is C18H18O4. The van der Waals surface area contributed by atoms with E-state index in [0.29, 0.717) is 36.7 Å². The van der Waals surface area contributed by atoms with Crippen LogP contribution < -0.4 is 9.47 Å². The summed E-state index contributed by atoms with van der Waals surface area (Å²) in [7, 11) is 0. The molecule has 114 valence electrons. The summed E-state index contributed by atoms with van der Waals surface area (Å²) in [6.07, 6.45) is 0.467. The van der Waals surface area contributed by atoms with E-state index in [2.05, 4.69) is 0 Å². The lowest BCUT2D eigenvalue weighted by Gasteiger charge is -2.21. The first-order valence-corrected chi connectivity index (χ1v) is 7.37. The predicted molar refractivity (Wildman–Crippen MR) is 82.5 cm³/mol. The Hall–Kier alpha value is -2.49. The van der Waals surface area contributed by atoms with E-state index in [1.165, 1.54) is 0 Å². The minimum absolute atomic E-state index is 0.213. The van der Waals surface area contributed by atoms with Crippen LogP contribution in [0.3, 0.4) is 0 Å². The molecule has 0 spiro atoms. The quantitative estimate of drug-likeness (QED) is 0.813. The molecule has 0 N–H and O–H groups in total. The second-order valence-electron chi connectivity index (χ2n) is 5.24. The van der Waals surface area contributed by atoms with Gasteiger partial charge in [-0.25, -0.2) is 4.79 Å². The van der Waals surface area contributed by atoms with E-state index in [0.717, 1.165) is 5.56 Å². The van der Waals surface area contributed by atoms with Gasteiger partial charge in [0.05, 0.1) is 0 Å². The molecule has 0 saturated carbocycles. The van der Waals surface area contributed by atoms with E-state index in [1.807, 2.05) is 37.3 Å². The molecule has 1 atom stereocenters. The van der Waals surface area contributed by atoms with E-state index < -0.39 is 0 Å². The second kappa shape index (κ2) is 6.52. The van der Waals surface area contributed by atoms with E-state index >= 15 is 0 Å².